The molecule has 0 saturated heterocycles. The van der Waals surface area contributed by atoms with Crippen LogP contribution < -0.4 is 5.32 Å². The van der Waals surface area contributed by atoms with Gasteiger partial charge in [0.25, 0.3) is 0 Å². The van der Waals surface area contributed by atoms with Crippen LogP contribution in [0.5, 0.6) is 0 Å². The first-order valence-electron chi connectivity index (χ1n) is 8.25. The van der Waals surface area contributed by atoms with Crippen LogP contribution in [0.3, 0.4) is 0 Å². The van der Waals surface area contributed by atoms with Crippen molar-refractivity contribution in [2.45, 2.75) is 13.1 Å². The summed E-state index contributed by atoms with van der Waals surface area (Å²) in [5.74, 6) is 0. The molecule has 0 spiro atoms. The van der Waals surface area contributed by atoms with Gasteiger partial charge >= 0.3 is 0 Å². The lowest BCUT2D eigenvalue weighted by molar-refractivity contribution is 0.797. The molecular formula is C20H19N5. The molecule has 2 aromatic carbocycles. The third kappa shape index (κ3) is 3.77. The highest BCUT2D eigenvalue weighted by Crippen LogP contribution is 2.18. The molecule has 0 bridgehead atoms. The summed E-state index contributed by atoms with van der Waals surface area (Å²) < 4.78 is 2.05. The molecule has 0 radical (unpaired) electrons. The second kappa shape index (κ2) is 7.05. The van der Waals surface area contributed by atoms with Gasteiger partial charge in [-0.1, -0.05) is 42.5 Å². The van der Waals surface area contributed by atoms with Crippen LogP contribution in [0.25, 0.3) is 11.3 Å². The van der Waals surface area contributed by atoms with E-state index in [1.165, 1.54) is 5.56 Å². The normalized spacial score (nSPS) is 10.7. The number of nitrogens with one attached hydrogen (secondary N) is 2. The average molecular weight is 329 g/mol. The highest BCUT2D eigenvalue weighted by molar-refractivity contribution is 5.59. The second-order valence-corrected chi connectivity index (χ2v) is 5.93. The lowest BCUT2D eigenvalue weighted by atomic mass is 10.1. The topological polar surface area (TPSA) is 58.5 Å². The molecule has 124 valence electrons. The van der Waals surface area contributed by atoms with E-state index in [1.807, 2.05) is 30.7 Å². The molecule has 0 unspecified atom stereocenters. The van der Waals surface area contributed by atoms with Gasteiger partial charge in [0.15, 0.2) is 0 Å². The number of hydrogen-bond donors (Lipinski definition) is 2. The van der Waals surface area contributed by atoms with Crippen LogP contribution in [-0.2, 0) is 13.1 Å². The third-order valence-electron chi connectivity index (χ3n) is 4.06. The van der Waals surface area contributed by atoms with Crippen LogP contribution in [0.1, 0.15) is 11.3 Å². The Balaban J connectivity index is 1.36. The number of H-pyrrole nitrogens is 1. The first-order chi connectivity index (χ1) is 12.4. The van der Waals surface area contributed by atoms with Gasteiger partial charge in [0, 0.05) is 30.2 Å². The summed E-state index contributed by atoms with van der Waals surface area (Å²) in [4.78, 5) is 4.06. The summed E-state index contributed by atoms with van der Waals surface area (Å²) in [6, 6.07) is 20.7. The minimum atomic E-state index is 0.709. The third-order valence-corrected chi connectivity index (χ3v) is 4.06. The molecule has 0 atom stereocenters. The van der Waals surface area contributed by atoms with Gasteiger partial charge in [0.1, 0.15) is 0 Å². The minimum absolute atomic E-state index is 0.709. The quantitative estimate of drug-likeness (QED) is 0.563. The lowest BCUT2D eigenvalue weighted by Crippen LogP contribution is -2.00. The molecule has 0 aliphatic rings. The maximum absolute atomic E-state index is 4.38. The average Bonchev–Trinajstić information content (AvgIpc) is 3.34. The summed E-state index contributed by atoms with van der Waals surface area (Å²) in [7, 11) is 0. The fourth-order valence-electron chi connectivity index (χ4n) is 2.73. The molecule has 25 heavy (non-hydrogen) atoms. The Morgan fingerprint density at radius 3 is 2.60 bits per heavy atom. The van der Waals surface area contributed by atoms with E-state index in [1.54, 1.807) is 6.20 Å². The maximum Gasteiger partial charge on any atom is 0.0949 e. The SMILES string of the molecule is c1ccc(-c2cc(CNc3ccc(Cn4ccnc4)cc3)[nH]n2)cc1. The molecule has 0 aliphatic heterocycles. The van der Waals surface area contributed by atoms with Crippen LogP contribution in [0.2, 0.25) is 0 Å². The zero-order valence-electron chi connectivity index (χ0n) is 13.8. The van der Waals surface area contributed by atoms with Gasteiger partial charge in [-0.05, 0) is 23.8 Å². The van der Waals surface area contributed by atoms with Gasteiger partial charge in [0.2, 0.25) is 0 Å². The Labute approximate surface area is 146 Å². The van der Waals surface area contributed by atoms with Crippen molar-refractivity contribution in [2.24, 2.45) is 0 Å². The Morgan fingerprint density at radius 1 is 1.00 bits per heavy atom. The Bertz CT molecular complexity index is 908. The number of nitrogens with zero attached hydrogens (tertiary/aromatic N) is 3. The standard InChI is InChI=1S/C20H19N5/c1-2-4-17(5-3-1)20-12-19(23-24-20)13-22-18-8-6-16(7-9-18)14-25-11-10-21-15-25/h1-12,15,22H,13-14H2,(H,23,24). The van der Waals surface area contributed by atoms with Crippen molar-refractivity contribution in [2.75, 3.05) is 5.32 Å². The van der Waals surface area contributed by atoms with E-state index in [0.717, 1.165) is 29.2 Å². The Morgan fingerprint density at radius 2 is 1.84 bits per heavy atom. The number of imidazole rings is 1. The lowest BCUT2D eigenvalue weighted by Gasteiger charge is -2.07. The minimum Gasteiger partial charge on any atom is -0.379 e. The summed E-state index contributed by atoms with van der Waals surface area (Å²) in [5, 5.41) is 10.9. The van der Waals surface area contributed by atoms with Crippen molar-refractivity contribution in [3.8, 4) is 11.3 Å². The second-order valence-electron chi connectivity index (χ2n) is 5.93. The zero-order chi connectivity index (χ0) is 16.9. The van der Waals surface area contributed by atoms with Crippen molar-refractivity contribution in [1.82, 2.24) is 19.7 Å². The van der Waals surface area contributed by atoms with E-state index in [-0.39, 0.29) is 0 Å². The fraction of sp³-hybridized carbons (Fsp3) is 0.100. The van der Waals surface area contributed by atoms with E-state index in [2.05, 4.69) is 67.5 Å². The first-order valence-corrected chi connectivity index (χ1v) is 8.25. The number of rotatable bonds is 6. The highest BCUT2D eigenvalue weighted by Gasteiger charge is 2.03. The number of aromatic amines is 1. The largest absolute Gasteiger partial charge is 0.379 e. The van der Waals surface area contributed by atoms with Gasteiger partial charge in [-0.3, -0.25) is 5.10 Å². The van der Waals surface area contributed by atoms with Crippen molar-refractivity contribution >= 4 is 5.69 Å². The summed E-state index contributed by atoms with van der Waals surface area (Å²) in [6.45, 7) is 1.54. The van der Waals surface area contributed by atoms with Crippen LogP contribution >= 0.6 is 0 Å². The summed E-state index contributed by atoms with van der Waals surface area (Å²) in [6.07, 6.45) is 5.59. The number of anilines is 1. The van der Waals surface area contributed by atoms with E-state index in [4.69, 9.17) is 0 Å². The molecule has 2 heterocycles. The van der Waals surface area contributed by atoms with Gasteiger partial charge in [-0.25, -0.2) is 4.98 Å². The molecule has 0 aliphatic carbocycles. The Hall–Kier alpha value is -3.34. The fourth-order valence-corrected chi connectivity index (χ4v) is 2.73. The smallest absolute Gasteiger partial charge is 0.0949 e. The van der Waals surface area contributed by atoms with Gasteiger partial charge in [-0.2, -0.15) is 5.10 Å². The molecule has 0 fully saturated rings. The van der Waals surface area contributed by atoms with Crippen molar-refractivity contribution in [1.29, 1.82) is 0 Å². The van der Waals surface area contributed by atoms with Crippen molar-refractivity contribution in [3.05, 3.63) is 90.6 Å². The van der Waals surface area contributed by atoms with Gasteiger partial charge in [0.05, 0.1) is 24.3 Å². The van der Waals surface area contributed by atoms with E-state index in [0.29, 0.717) is 6.54 Å². The van der Waals surface area contributed by atoms with E-state index >= 15 is 0 Å². The van der Waals surface area contributed by atoms with Gasteiger partial charge < -0.3 is 9.88 Å². The summed E-state index contributed by atoms with van der Waals surface area (Å²) >= 11 is 0. The molecule has 4 rings (SSSR count). The van der Waals surface area contributed by atoms with E-state index in [9.17, 15) is 0 Å². The predicted octanol–water partition coefficient (Wildman–Crippen LogP) is 3.93. The van der Waals surface area contributed by atoms with E-state index < -0.39 is 0 Å². The molecule has 5 nitrogen and oxygen atoms in total. The van der Waals surface area contributed by atoms with Gasteiger partial charge in [-0.15, -0.1) is 0 Å². The number of aromatic nitrogens is 4. The molecular weight excluding hydrogens is 310 g/mol. The monoisotopic (exact) mass is 329 g/mol. The highest BCUT2D eigenvalue weighted by atomic mass is 15.1. The Kier molecular flexibility index (Phi) is 4.29. The van der Waals surface area contributed by atoms with Crippen molar-refractivity contribution in [3.63, 3.8) is 0 Å². The van der Waals surface area contributed by atoms with Crippen LogP contribution in [0.4, 0.5) is 5.69 Å². The summed E-state index contributed by atoms with van der Waals surface area (Å²) in [5.41, 5.74) is 5.48. The zero-order valence-corrected chi connectivity index (χ0v) is 13.8. The van der Waals surface area contributed by atoms with Crippen molar-refractivity contribution < 1.29 is 0 Å². The van der Waals surface area contributed by atoms with Crippen LogP contribution in [-0.4, -0.2) is 19.7 Å². The maximum atomic E-state index is 4.38. The molecule has 4 aromatic rings. The molecule has 5 heteroatoms. The predicted molar refractivity (Wildman–Crippen MR) is 99.1 cm³/mol. The molecule has 0 saturated carbocycles. The molecule has 2 aromatic heterocycles. The number of hydrogen-bond acceptors (Lipinski definition) is 3. The first kappa shape index (κ1) is 15.2. The molecule has 2 N–H and O–H groups in total. The molecule has 0 amide bonds. The number of benzene rings is 2. The van der Waals surface area contributed by atoms with Crippen LogP contribution in [0.15, 0.2) is 79.4 Å². The van der Waals surface area contributed by atoms with Crippen LogP contribution in [0, 0.1) is 0 Å².